The van der Waals surface area contributed by atoms with Crippen LogP contribution in [0.4, 0.5) is 16.5 Å². The summed E-state index contributed by atoms with van der Waals surface area (Å²) in [4.78, 5) is 55.2. The highest BCUT2D eigenvalue weighted by Gasteiger charge is 2.19. The van der Waals surface area contributed by atoms with Gasteiger partial charge in [-0.25, -0.2) is 4.98 Å². The van der Waals surface area contributed by atoms with Gasteiger partial charge >= 0.3 is 0 Å². The van der Waals surface area contributed by atoms with E-state index in [1.165, 1.54) is 47.4 Å². The van der Waals surface area contributed by atoms with Crippen LogP contribution >= 0.6 is 46.3 Å². The van der Waals surface area contributed by atoms with Crippen LogP contribution in [-0.4, -0.2) is 33.4 Å². The van der Waals surface area contributed by atoms with Crippen LogP contribution in [-0.2, 0) is 9.59 Å². The topological polar surface area (TPSA) is 143 Å². The third-order valence-electron chi connectivity index (χ3n) is 6.39. The molecule has 236 valence electrons. The molecule has 0 aliphatic rings. The predicted octanol–water partition coefficient (Wildman–Crippen LogP) is 8.17. The molecule has 0 bridgehead atoms. The third kappa shape index (κ3) is 9.05. The summed E-state index contributed by atoms with van der Waals surface area (Å²) in [6, 6.07) is 26.1. The zero-order valence-electron chi connectivity index (χ0n) is 24.1. The van der Waals surface area contributed by atoms with Gasteiger partial charge in [-0.1, -0.05) is 65.7 Å². The number of anilines is 2. The van der Waals surface area contributed by atoms with Crippen molar-refractivity contribution in [3.63, 3.8) is 0 Å². The Morgan fingerprint density at radius 3 is 2.43 bits per heavy atom. The molecule has 10 nitrogen and oxygen atoms in total. The first-order valence-electron chi connectivity index (χ1n) is 13.7. The number of nitrogens with one attached hydrogen (secondary N) is 3. The second-order valence-corrected chi connectivity index (χ2v) is 12.4. The van der Waals surface area contributed by atoms with Crippen molar-refractivity contribution in [2.45, 2.75) is 4.90 Å². The van der Waals surface area contributed by atoms with Gasteiger partial charge in [-0.05, 0) is 54.6 Å². The number of para-hydroxylation sites is 1. The van der Waals surface area contributed by atoms with Crippen LogP contribution in [0, 0.1) is 10.1 Å². The van der Waals surface area contributed by atoms with Crippen LogP contribution < -0.4 is 16.0 Å². The van der Waals surface area contributed by atoms with Crippen LogP contribution in [0.15, 0.2) is 113 Å². The van der Waals surface area contributed by atoms with E-state index in [0.29, 0.717) is 37.0 Å². The summed E-state index contributed by atoms with van der Waals surface area (Å²) in [5, 5.41) is 22.7. The normalized spacial score (nSPS) is 11.1. The summed E-state index contributed by atoms with van der Waals surface area (Å²) in [6.07, 6.45) is 1.25. The second-order valence-electron chi connectivity index (χ2n) is 9.68. The van der Waals surface area contributed by atoms with E-state index in [0.717, 1.165) is 5.56 Å². The number of aromatic nitrogens is 1. The Labute approximate surface area is 287 Å². The molecule has 0 aliphatic heterocycles. The monoisotopic (exact) mass is 703 g/mol. The molecule has 0 saturated carbocycles. The quantitative estimate of drug-likeness (QED) is 0.0545. The maximum Gasteiger partial charge on any atom is 0.276 e. The molecule has 1 aromatic heterocycles. The first-order chi connectivity index (χ1) is 22.7. The van der Waals surface area contributed by atoms with Crippen LogP contribution in [0.5, 0.6) is 0 Å². The number of nitrogens with zero attached hydrogens (tertiary/aromatic N) is 2. The zero-order chi connectivity index (χ0) is 33.3. The fourth-order valence-corrected chi connectivity index (χ4v) is 5.95. The summed E-state index contributed by atoms with van der Waals surface area (Å²) in [5.74, 6) is -1.48. The number of amides is 3. The van der Waals surface area contributed by atoms with E-state index in [4.69, 9.17) is 23.2 Å². The molecule has 5 rings (SSSR count). The summed E-state index contributed by atoms with van der Waals surface area (Å²) in [7, 11) is 0. The lowest BCUT2D eigenvalue weighted by molar-refractivity contribution is -0.385. The fraction of sp³-hybridized carbons (Fsp3) is 0.0303. The zero-order valence-corrected chi connectivity index (χ0v) is 27.3. The number of thioether (sulfide) groups is 1. The molecule has 0 atom stereocenters. The molecule has 0 fully saturated rings. The van der Waals surface area contributed by atoms with E-state index in [2.05, 4.69) is 20.9 Å². The SMILES string of the molecule is O=C(CSc1cccc(NC(=O)/C(=C\c2ccccc2[N+](=O)[O-])NC(=O)c2ccccc2)c1)Nc1nc(-c2ccc(Cl)c(Cl)c2)cs1. The van der Waals surface area contributed by atoms with Crippen molar-refractivity contribution < 1.29 is 19.3 Å². The lowest BCUT2D eigenvalue weighted by Crippen LogP contribution is -2.30. The van der Waals surface area contributed by atoms with Gasteiger partial charge in [0.05, 0.1) is 32.0 Å². The highest BCUT2D eigenvalue weighted by atomic mass is 35.5. The highest BCUT2D eigenvalue weighted by Crippen LogP contribution is 2.31. The molecular formula is C33H23Cl2N5O5S2. The average Bonchev–Trinajstić information content (AvgIpc) is 3.53. The second kappa shape index (κ2) is 15.5. The Morgan fingerprint density at radius 1 is 0.894 bits per heavy atom. The Morgan fingerprint density at radius 2 is 1.66 bits per heavy atom. The van der Waals surface area contributed by atoms with Crippen molar-refractivity contribution in [3.05, 3.63) is 139 Å². The summed E-state index contributed by atoms with van der Waals surface area (Å²) < 4.78 is 0. The molecule has 0 spiro atoms. The van der Waals surface area contributed by atoms with Gasteiger partial charge in [0.1, 0.15) is 5.70 Å². The number of benzene rings is 4. The van der Waals surface area contributed by atoms with E-state index >= 15 is 0 Å². The number of rotatable bonds is 11. The average molecular weight is 705 g/mol. The van der Waals surface area contributed by atoms with Crippen molar-refractivity contribution in [2.75, 3.05) is 16.4 Å². The number of nitro benzene ring substituents is 1. The van der Waals surface area contributed by atoms with Crippen molar-refractivity contribution in [1.82, 2.24) is 10.3 Å². The predicted molar refractivity (Wildman–Crippen MR) is 187 cm³/mol. The fourth-order valence-electron chi connectivity index (χ4n) is 4.16. The maximum atomic E-state index is 13.4. The van der Waals surface area contributed by atoms with Crippen molar-refractivity contribution in [3.8, 4) is 11.3 Å². The number of hydrogen-bond donors (Lipinski definition) is 3. The lowest BCUT2D eigenvalue weighted by Gasteiger charge is -2.12. The minimum atomic E-state index is -0.700. The molecule has 0 unspecified atom stereocenters. The molecule has 0 saturated heterocycles. The smallest absolute Gasteiger partial charge is 0.276 e. The number of nitro groups is 1. The standard InChI is InChI=1S/C33H23Cl2N5O5S2/c34-25-14-13-21(15-26(25)35)28-18-47-33(38-28)39-30(41)19-46-24-11-6-10-23(17-24)36-32(43)27(37-31(42)20-7-2-1-3-8-20)16-22-9-4-5-12-29(22)40(44)45/h1-18H,19H2,(H,36,43)(H,37,42)(H,38,39,41)/b27-16+. The van der Waals surface area contributed by atoms with Gasteiger partial charge in [0.25, 0.3) is 17.5 Å². The first kappa shape index (κ1) is 33.4. The summed E-state index contributed by atoms with van der Waals surface area (Å²) >= 11 is 14.6. The first-order valence-corrected chi connectivity index (χ1v) is 16.3. The Bertz CT molecular complexity index is 2000. The Kier molecular flexibility index (Phi) is 11.0. The van der Waals surface area contributed by atoms with E-state index in [9.17, 15) is 24.5 Å². The number of hydrogen-bond acceptors (Lipinski definition) is 8. The lowest BCUT2D eigenvalue weighted by atomic mass is 10.1. The van der Waals surface area contributed by atoms with Gasteiger partial charge in [0.2, 0.25) is 5.91 Å². The Hall–Kier alpha value is -5.01. The maximum absolute atomic E-state index is 13.4. The van der Waals surface area contributed by atoms with Gasteiger partial charge < -0.3 is 16.0 Å². The van der Waals surface area contributed by atoms with E-state index < -0.39 is 16.7 Å². The number of halogens is 2. The van der Waals surface area contributed by atoms with Gasteiger partial charge in [-0.15, -0.1) is 23.1 Å². The molecule has 47 heavy (non-hydrogen) atoms. The molecule has 5 aromatic rings. The number of thiazole rings is 1. The minimum absolute atomic E-state index is 0.0645. The van der Waals surface area contributed by atoms with Gasteiger partial charge in [0, 0.05) is 33.2 Å². The minimum Gasteiger partial charge on any atom is -0.321 e. The van der Waals surface area contributed by atoms with Crippen LogP contribution in [0.25, 0.3) is 17.3 Å². The molecule has 3 amide bonds. The number of carbonyl (C=O) groups excluding carboxylic acids is 3. The molecule has 1 heterocycles. The highest BCUT2D eigenvalue weighted by molar-refractivity contribution is 8.00. The Balaban J connectivity index is 1.25. The van der Waals surface area contributed by atoms with E-state index in [-0.39, 0.29) is 28.6 Å². The van der Waals surface area contributed by atoms with Crippen molar-refractivity contribution in [2.24, 2.45) is 0 Å². The molecule has 0 radical (unpaired) electrons. The van der Waals surface area contributed by atoms with Gasteiger partial charge in [-0.3, -0.25) is 24.5 Å². The molecule has 3 N–H and O–H groups in total. The molecule has 0 aliphatic carbocycles. The van der Waals surface area contributed by atoms with Crippen molar-refractivity contribution in [1.29, 1.82) is 0 Å². The summed E-state index contributed by atoms with van der Waals surface area (Å²) in [5.41, 5.74) is 1.80. The molecule has 14 heteroatoms. The van der Waals surface area contributed by atoms with E-state index in [1.807, 2.05) is 0 Å². The van der Waals surface area contributed by atoms with Crippen LogP contribution in [0.1, 0.15) is 15.9 Å². The largest absolute Gasteiger partial charge is 0.321 e. The summed E-state index contributed by atoms with van der Waals surface area (Å²) in [6.45, 7) is 0. The van der Waals surface area contributed by atoms with Crippen LogP contribution in [0.3, 0.4) is 0 Å². The van der Waals surface area contributed by atoms with Gasteiger partial charge in [-0.2, -0.15) is 0 Å². The van der Waals surface area contributed by atoms with Crippen LogP contribution in [0.2, 0.25) is 10.0 Å². The van der Waals surface area contributed by atoms with Crippen molar-refractivity contribution >= 4 is 86.6 Å². The van der Waals surface area contributed by atoms with E-state index in [1.54, 1.807) is 84.2 Å². The van der Waals surface area contributed by atoms with Gasteiger partial charge in [0.15, 0.2) is 5.13 Å². The molecule has 4 aromatic carbocycles. The number of carbonyl (C=O) groups is 3. The molecular weight excluding hydrogens is 681 g/mol. The third-order valence-corrected chi connectivity index (χ3v) is 8.88.